The molecule has 0 aliphatic rings. The molecule has 0 aliphatic heterocycles. The van der Waals surface area contributed by atoms with E-state index in [1.807, 2.05) is 0 Å². The molecule has 4 nitrogen and oxygen atoms in total. The fourth-order valence-corrected chi connectivity index (χ4v) is 1.48. The third-order valence-corrected chi connectivity index (χ3v) is 2.53. The first-order valence-electron chi connectivity index (χ1n) is 5.37. The summed E-state index contributed by atoms with van der Waals surface area (Å²) in [5, 5.41) is 18.8. The second kappa shape index (κ2) is 7.17. The van der Waals surface area contributed by atoms with E-state index in [1.165, 1.54) is 0 Å². The summed E-state index contributed by atoms with van der Waals surface area (Å²) in [4.78, 5) is 3.93. The molecule has 0 saturated carbocycles. The van der Waals surface area contributed by atoms with Gasteiger partial charge >= 0.3 is 0 Å². The van der Waals surface area contributed by atoms with Gasteiger partial charge in [-0.25, -0.2) is 0 Å². The lowest BCUT2D eigenvalue weighted by atomic mass is 10.4. The first-order chi connectivity index (χ1) is 6.52. The van der Waals surface area contributed by atoms with Gasteiger partial charge in [-0.2, -0.15) is 0 Å². The molecule has 0 spiro atoms. The van der Waals surface area contributed by atoms with Gasteiger partial charge in [0.05, 0.1) is 0 Å². The third kappa shape index (κ3) is 4.91. The van der Waals surface area contributed by atoms with Crippen molar-refractivity contribution < 1.29 is 10.2 Å². The maximum absolute atomic E-state index is 9.39. The van der Waals surface area contributed by atoms with Crippen LogP contribution < -0.4 is 0 Å². The van der Waals surface area contributed by atoms with E-state index in [-0.39, 0.29) is 0 Å². The van der Waals surface area contributed by atoms with Crippen molar-refractivity contribution in [3.05, 3.63) is 0 Å². The van der Waals surface area contributed by atoms with E-state index in [4.69, 9.17) is 0 Å². The van der Waals surface area contributed by atoms with Gasteiger partial charge in [-0.1, -0.05) is 13.8 Å². The van der Waals surface area contributed by atoms with Crippen molar-refractivity contribution in [1.29, 1.82) is 0 Å². The van der Waals surface area contributed by atoms with Crippen molar-refractivity contribution in [1.82, 2.24) is 9.80 Å². The van der Waals surface area contributed by atoms with Crippen LogP contribution >= 0.6 is 0 Å². The van der Waals surface area contributed by atoms with Crippen LogP contribution in [-0.4, -0.2) is 58.6 Å². The van der Waals surface area contributed by atoms with Crippen LogP contribution in [0.3, 0.4) is 0 Å². The zero-order valence-corrected chi connectivity index (χ0v) is 9.77. The highest BCUT2D eigenvalue weighted by molar-refractivity contribution is 4.62. The van der Waals surface area contributed by atoms with Crippen molar-refractivity contribution in [2.24, 2.45) is 0 Å². The minimum atomic E-state index is -0.592. The number of hydrogen-bond acceptors (Lipinski definition) is 4. The normalized spacial score (nSPS) is 16.3. The molecule has 0 aliphatic carbocycles. The monoisotopic (exact) mass is 204 g/mol. The van der Waals surface area contributed by atoms with Crippen molar-refractivity contribution in [3.8, 4) is 0 Å². The van der Waals surface area contributed by atoms with Crippen LogP contribution in [0.5, 0.6) is 0 Å². The van der Waals surface area contributed by atoms with Crippen LogP contribution in [0.4, 0.5) is 0 Å². The molecule has 2 atom stereocenters. The molecule has 2 N–H and O–H groups in total. The summed E-state index contributed by atoms with van der Waals surface area (Å²) >= 11 is 0. The first kappa shape index (κ1) is 13.8. The number of nitrogens with zero attached hydrogens (tertiary/aromatic N) is 2. The Bertz CT molecular complexity index is 128. The SMILES string of the molecule is CCN(CC)CCN(C(C)O)C(C)O. The summed E-state index contributed by atoms with van der Waals surface area (Å²) in [6.45, 7) is 11.1. The molecule has 14 heavy (non-hydrogen) atoms. The number of aliphatic hydroxyl groups is 2. The summed E-state index contributed by atoms with van der Waals surface area (Å²) in [7, 11) is 0. The van der Waals surface area contributed by atoms with Gasteiger partial charge in [-0.05, 0) is 26.9 Å². The van der Waals surface area contributed by atoms with Crippen LogP contribution in [0.2, 0.25) is 0 Å². The smallest absolute Gasteiger partial charge is 0.106 e. The highest BCUT2D eigenvalue weighted by atomic mass is 16.3. The van der Waals surface area contributed by atoms with Crippen LogP contribution in [0.25, 0.3) is 0 Å². The zero-order valence-electron chi connectivity index (χ0n) is 9.77. The molecule has 0 aromatic heterocycles. The molecule has 0 saturated heterocycles. The summed E-state index contributed by atoms with van der Waals surface area (Å²) < 4.78 is 0. The Morgan fingerprint density at radius 3 is 1.64 bits per heavy atom. The predicted molar refractivity (Wildman–Crippen MR) is 57.9 cm³/mol. The van der Waals surface area contributed by atoms with E-state index in [0.29, 0.717) is 6.54 Å². The average molecular weight is 204 g/mol. The minimum absolute atomic E-state index is 0.592. The summed E-state index contributed by atoms with van der Waals surface area (Å²) in [6.07, 6.45) is -1.18. The first-order valence-corrected chi connectivity index (χ1v) is 5.37. The Morgan fingerprint density at radius 2 is 1.36 bits per heavy atom. The fourth-order valence-electron chi connectivity index (χ4n) is 1.48. The molecule has 0 rings (SSSR count). The van der Waals surface area contributed by atoms with Gasteiger partial charge in [0, 0.05) is 13.1 Å². The van der Waals surface area contributed by atoms with E-state index in [9.17, 15) is 10.2 Å². The summed E-state index contributed by atoms with van der Waals surface area (Å²) in [6, 6.07) is 0. The molecule has 0 bridgehead atoms. The molecule has 2 unspecified atom stereocenters. The van der Waals surface area contributed by atoms with Crippen molar-refractivity contribution >= 4 is 0 Å². The van der Waals surface area contributed by atoms with Gasteiger partial charge in [0.2, 0.25) is 0 Å². The van der Waals surface area contributed by atoms with Gasteiger partial charge in [0.25, 0.3) is 0 Å². The lowest BCUT2D eigenvalue weighted by molar-refractivity contribution is -0.0865. The van der Waals surface area contributed by atoms with Gasteiger partial charge in [0.1, 0.15) is 12.5 Å². The lowest BCUT2D eigenvalue weighted by Gasteiger charge is -2.30. The summed E-state index contributed by atoms with van der Waals surface area (Å²) in [5.41, 5.74) is 0. The molecular formula is C10H24N2O2. The lowest BCUT2D eigenvalue weighted by Crippen LogP contribution is -2.44. The molecule has 0 aromatic rings. The van der Waals surface area contributed by atoms with Crippen LogP contribution in [0, 0.1) is 0 Å². The molecule has 86 valence electrons. The van der Waals surface area contributed by atoms with E-state index in [0.717, 1.165) is 19.6 Å². The largest absolute Gasteiger partial charge is 0.379 e. The van der Waals surface area contributed by atoms with Gasteiger partial charge in [0.15, 0.2) is 0 Å². The molecule has 0 fully saturated rings. The Kier molecular flexibility index (Phi) is 7.09. The Morgan fingerprint density at radius 1 is 0.929 bits per heavy atom. The highest BCUT2D eigenvalue weighted by Crippen LogP contribution is 2.01. The quantitative estimate of drug-likeness (QED) is 0.586. The Balaban J connectivity index is 3.92. The van der Waals surface area contributed by atoms with Crippen LogP contribution in [0.15, 0.2) is 0 Å². The van der Waals surface area contributed by atoms with Crippen molar-refractivity contribution in [2.75, 3.05) is 26.2 Å². The Labute approximate surface area is 87.1 Å². The highest BCUT2D eigenvalue weighted by Gasteiger charge is 2.16. The van der Waals surface area contributed by atoms with E-state index in [2.05, 4.69) is 18.7 Å². The number of hydrogen-bond donors (Lipinski definition) is 2. The maximum atomic E-state index is 9.39. The van der Waals surface area contributed by atoms with Crippen molar-refractivity contribution in [2.45, 2.75) is 40.2 Å². The summed E-state index contributed by atoms with van der Waals surface area (Å²) in [5.74, 6) is 0. The molecule has 0 aromatic carbocycles. The number of rotatable bonds is 7. The van der Waals surface area contributed by atoms with E-state index >= 15 is 0 Å². The van der Waals surface area contributed by atoms with Gasteiger partial charge in [-0.3, -0.25) is 4.90 Å². The van der Waals surface area contributed by atoms with Crippen LogP contribution in [0.1, 0.15) is 27.7 Å². The van der Waals surface area contributed by atoms with Gasteiger partial charge in [-0.15, -0.1) is 0 Å². The van der Waals surface area contributed by atoms with Gasteiger partial charge < -0.3 is 15.1 Å². The predicted octanol–water partition coefficient (Wildman–Crippen LogP) is 0.307. The zero-order chi connectivity index (χ0) is 11.1. The minimum Gasteiger partial charge on any atom is -0.379 e. The molecule has 4 heteroatoms. The third-order valence-electron chi connectivity index (χ3n) is 2.53. The number of aliphatic hydroxyl groups excluding tert-OH is 2. The fraction of sp³-hybridized carbons (Fsp3) is 1.00. The van der Waals surface area contributed by atoms with Crippen LogP contribution in [-0.2, 0) is 0 Å². The molecule has 0 amide bonds. The number of likely N-dealkylation sites (N-methyl/N-ethyl adjacent to an activating group) is 1. The van der Waals surface area contributed by atoms with E-state index in [1.54, 1.807) is 18.7 Å². The maximum Gasteiger partial charge on any atom is 0.106 e. The second-order valence-electron chi connectivity index (χ2n) is 3.53. The topological polar surface area (TPSA) is 46.9 Å². The van der Waals surface area contributed by atoms with E-state index < -0.39 is 12.5 Å². The molecular weight excluding hydrogens is 180 g/mol. The van der Waals surface area contributed by atoms with Crippen molar-refractivity contribution in [3.63, 3.8) is 0 Å². The standard InChI is InChI=1S/C10H24N2O2/c1-5-11(6-2)7-8-12(9(3)13)10(4)14/h9-10,13-14H,5-8H2,1-4H3. The molecule has 0 heterocycles. The Hall–Kier alpha value is -0.160. The second-order valence-corrected chi connectivity index (χ2v) is 3.53. The molecule has 0 radical (unpaired) electrons. The average Bonchev–Trinajstić information content (AvgIpc) is 2.11.